The van der Waals surface area contributed by atoms with Crippen LogP contribution in [0.5, 0.6) is 0 Å². The molecule has 0 spiro atoms. The Hall–Kier alpha value is -3.26. The number of benzene rings is 2. The predicted molar refractivity (Wildman–Crippen MR) is 107 cm³/mol. The van der Waals surface area contributed by atoms with E-state index < -0.39 is 0 Å². The molecule has 0 aliphatic rings. The minimum atomic E-state index is -0.318. The summed E-state index contributed by atoms with van der Waals surface area (Å²) in [5.41, 5.74) is 2.59. The summed E-state index contributed by atoms with van der Waals surface area (Å²) in [5.74, 6) is -0.593. The first-order valence-electron chi connectivity index (χ1n) is 8.71. The van der Waals surface area contributed by atoms with Crippen molar-refractivity contribution in [2.45, 2.75) is 6.92 Å². The van der Waals surface area contributed by atoms with Crippen molar-refractivity contribution < 1.29 is 13.6 Å². The molecule has 8 heteroatoms. The fraction of sp³-hybridized carbons (Fsp3) is 0.150. The molecule has 2 aromatic heterocycles. The number of anilines is 1. The van der Waals surface area contributed by atoms with Crippen LogP contribution in [0.15, 0.2) is 52.9 Å². The molecule has 0 fully saturated rings. The highest BCUT2D eigenvalue weighted by molar-refractivity contribution is 7.15. The molecule has 2 N–H and O–H groups in total. The molecule has 0 unspecified atom stereocenters. The normalized spacial score (nSPS) is 10.9. The number of fused-ring (bicyclic) bond motifs is 1. The van der Waals surface area contributed by atoms with Gasteiger partial charge >= 0.3 is 0 Å². The molecule has 28 heavy (non-hydrogen) atoms. The average molecular weight is 396 g/mol. The first-order chi connectivity index (χ1) is 13.6. The lowest BCUT2D eigenvalue weighted by Crippen LogP contribution is -2.29. The number of carbonyl (C=O) groups excluding carboxylic acids is 1. The molecule has 2 aromatic carbocycles. The number of amides is 1. The molecule has 1 amide bonds. The van der Waals surface area contributed by atoms with Crippen LogP contribution in [0, 0.1) is 12.7 Å². The largest absolute Gasteiger partial charge is 0.424 e. The summed E-state index contributed by atoms with van der Waals surface area (Å²) in [5, 5.41) is 6.66. The van der Waals surface area contributed by atoms with Crippen LogP contribution in [-0.2, 0) is 0 Å². The van der Waals surface area contributed by atoms with Crippen LogP contribution in [0.4, 0.5) is 10.4 Å². The van der Waals surface area contributed by atoms with E-state index in [0.29, 0.717) is 30.4 Å². The Morgan fingerprint density at radius 2 is 1.89 bits per heavy atom. The molecule has 142 valence electrons. The zero-order valence-electron chi connectivity index (χ0n) is 15.0. The van der Waals surface area contributed by atoms with Crippen molar-refractivity contribution in [1.82, 2.24) is 15.3 Å². The summed E-state index contributed by atoms with van der Waals surface area (Å²) < 4.78 is 18.7. The summed E-state index contributed by atoms with van der Waals surface area (Å²) >= 11 is 1.41. The Labute approximate surface area is 164 Å². The third kappa shape index (κ3) is 3.86. The second kappa shape index (κ2) is 7.77. The van der Waals surface area contributed by atoms with Crippen molar-refractivity contribution in [1.29, 1.82) is 0 Å². The van der Waals surface area contributed by atoms with Crippen LogP contribution in [0.25, 0.3) is 21.5 Å². The molecular formula is C20H17FN4O2S. The molecule has 0 aliphatic carbocycles. The molecule has 0 radical (unpaired) electrons. The Balaban J connectivity index is 1.38. The summed E-state index contributed by atoms with van der Waals surface area (Å²) in [6.45, 7) is 2.66. The highest BCUT2D eigenvalue weighted by atomic mass is 32.1. The van der Waals surface area contributed by atoms with E-state index in [4.69, 9.17) is 4.42 Å². The van der Waals surface area contributed by atoms with E-state index in [1.807, 2.05) is 31.2 Å². The van der Waals surface area contributed by atoms with E-state index in [9.17, 15) is 9.18 Å². The smallest absolute Gasteiger partial charge is 0.295 e. The van der Waals surface area contributed by atoms with Gasteiger partial charge in [0.1, 0.15) is 17.0 Å². The van der Waals surface area contributed by atoms with Gasteiger partial charge < -0.3 is 15.1 Å². The van der Waals surface area contributed by atoms with E-state index in [2.05, 4.69) is 20.6 Å². The number of thiazole rings is 1. The van der Waals surface area contributed by atoms with Crippen LogP contribution >= 0.6 is 11.3 Å². The Kier molecular flexibility index (Phi) is 5.03. The fourth-order valence-corrected chi connectivity index (χ4v) is 3.68. The first kappa shape index (κ1) is 18.1. The van der Waals surface area contributed by atoms with Gasteiger partial charge in [0.15, 0.2) is 5.58 Å². The van der Waals surface area contributed by atoms with E-state index in [1.165, 1.54) is 23.5 Å². The van der Waals surface area contributed by atoms with Crippen LogP contribution in [0.2, 0.25) is 0 Å². The summed E-state index contributed by atoms with van der Waals surface area (Å²) in [6.07, 6.45) is 0. The average Bonchev–Trinajstić information content (AvgIpc) is 3.28. The van der Waals surface area contributed by atoms with Gasteiger partial charge in [0, 0.05) is 13.1 Å². The topological polar surface area (TPSA) is 80.0 Å². The number of hydrogen-bond donors (Lipinski definition) is 2. The number of halogens is 1. The second-order valence-corrected chi connectivity index (χ2v) is 7.29. The third-order valence-electron chi connectivity index (χ3n) is 4.04. The number of nitrogens with one attached hydrogen (secondary N) is 2. The zero-order valence-corrected chi connectivity index (χ0v) is 15.8. The van der Waals surface area contributed by atoms with Crippen LogP contribution in [-0.4, -0.2) is 29.0 Å². The number of para-hydroxylation sites is 2. The number of oxazole rings is 1. The predicted octanol–water partition coefficient (Wildman–Crippen LogP) is 4.24. The lowest BCUT2D eigenvalue weighted by molar-refractivity contribution is 0.0951. The Morgan fingerprint density at radius 3 is 2.68 bits per heavy atom. The third-order valence-corrected chi connectivity index (χ3v) is 5.06. The van der Waals surface area contributed by atoms with Gasteiger partial charge in [-0.25, -0.2) is 9.37 Å². The first-order valence-corrected chi connectivity index (χ1v) is 9.53. The molecule has 2 heterocycles. The van der Waals surface area contributed by atoms with Gasteiger partial charge in [-0.2, -0.15) is 4.98 Å². The van der Waals surface area contributed by atoms with Crippen molar-refractivity contribution in [3.63, 3.8) is 0 Å². The maximum atomic E-state index is 13.2. The van der Waals surface area contributed by atoms with Crippen molar-refractivity contribution in [3.05, 3.63) is 65.0 Å². The van der Waals surface area contributed by atoms with Crippen molar-refractivity contribution in [3.8, 4) is 10.4 Å². The minimum Gasteiger partial charge on any atom is -0.424 e. The van der Waals surface area contributed by atoms with E-state index in [0.717, 1.165) is 21.0 Å². The highest BCUT2D eigenvalue weighted by Gasteiger charge is 2.18. The van der Waals surface area contributed by atoms with E-state index in [-0.39, 0.29) is 11.7 Å². The molecule has 0 bridgehead atoms. The maximum absolute atomic E-state index is 13.2. The molecular weight excluding hydrogens is 379 g/mol. The number of hydrogen-bond acceptors (Lipinski definition) is 6. The van der Waals surface area contributed by atoms with Gasteiger partial charge in [-0.1, -0.05) is 24.3 Å². The zero-order chi connectivity index (χ0) is 19.5. The van der Waals surface area contributed by atoms with Crippen LogP contribution < -0.4 is 10.6 Å². The number of nitrogens with zero attached hydrogens (tertiary/aromatic N) is 2. The van der Waals surface area contributed by atoms with Crippen LogP contribution in [0.1, 0.15) is 15.5 Å². The molecule has 6 nitrogen and oxygen atoms in total. The summed E-state index contributed by atoms with van der Waals surface area (Å²) in [7, 11) is 0. The maximum Gasteiger partial charge on any atom is 0.295 e. The van der Waals surface area contributed by atoms with Gasteiger partial charge in [0.05, 0.1) is 9.88 Å². The Bertz CT molecular complexity index is 1090. The molecule has 0 saturated heterocycles. The lowest BCUT2D eigenvalue weighted by atomic mass is 10.1. The summed E-state index contributed by atoms with van der Waals surface area (Å²) in [6, 6.07) is 13.9. The molecule has 4 aromatic rings. The quantitative estimate of drug-likeness (QED) is 0.477. The number of rotatable bonds is 6. The molecule has 0 aliphatic heterocycles. The monoisotopic (exact) mass is 396 g/mol. The fourth-order valence-electron chi connectivity index (χ4n) is 2.75. The number of carbonyl (C=O) groups is 1. The van der Waals surface area contributed by atoms with Crippen molar-refractivity contribution in [2.24, 2.45) is 0 Å². The number of aromatic nitrogens is 2. The summed E-state index contributed by atoms with van der Waals surface area (Å²) in [4.78, 5) is 21.9. The van der Waals surface area contributed by atoms with Gasteiger partial charge in [-0.15, -0.1) is 11.3 Å². The SMILES string of the molecule is Cc1nc(C(=O)NCCNc2nc3ccccc3o2)c(-c2ccc(F)cc2)s1. The van der Waals surface area contributed by atoms with Gasteiger partial charge in [0.25, 0.3) is 11.9 Å². The minimum absolute atomic E-state index is 0.275. The molecule has 4 rings (SSSR count). The second-order valence-electron chi connectivity index (χ2n) is 6.09. The van der Waals surface area contributed by atoms with Gasteiger partial charge in [0.2, 0.25) is 0 Å². The molecule has 0 atom stereocenters. The van der Waals surface area contributed by atoms with Gasteiger partial charge in [-0.3, -0.25) is 4.79 Å². The highest BCUT2D eigenvalue weighted by Crippen LogP contribution is 2.30. The molecule has 0 saturated carbocycles. The number of aryl methyl sites for hydroxylation is 1. The lowest BCUT2D eigenvalue weighted by Gasteiger charge is -2.06. The van der Waals surface area contributed by atoms with Crippen molar-refractivity contribution >= 4 is 34.4 Å². The Morgan fingerprint density at radius 1 is 1.11 bits per heavy atom. The van der Waals surface area contributed by atoms with Gasteiger partial charge in [-0.05, 0) is 36.8 Å². The van der Waals surface area contributed by atoms with E-state index >= 15 is 0 Å². The standard InChI is InChI=1S/C20H17FN4O2S/c1-12-24-17(18(28-12)13-6-8-14(21)9-7-13)19(26)22-10-11-23-20-25-15-4-2-3-5-16(15)27-20/h2-9H,10-11H2,1H3,(H,22,26)(H,23,25). The van der Waals surface area contributed by atoms with Crippen LogP contribution in [0.3, 0.4) is 0 Å². The van der Waals surface area contributed by atoms with Crippen molar-refractivity contribution in [2.75, 3.05) is 18.4 Å². The van der Waals surface area contributed by atoms with E-state index in [1.54, 1.807) is 12.1 Å².